The second-order valence-corrected chi connectivity index (χ2v) is 15.8. The van der Waals surface area contributed by atoms with Gasteiger partial charge in [-0.05, 0) is 53.9 Å². The second-order valence-electron chi connectivity index (χ2n) is 15.8. The van der Waals surface area contributed by atoms with Gasteiger partial charge in [0, 0.05) is 85.1 Å². The van der Waals surface area contributed by atoms with Gasteiger partial charge in [0.15, 0.2) is 0 Å². The topological polar surface area (TPSA) is 151 Å². The Kier molecular flexibility index (Phi) is 19.1. The summed E-state index contributed by atoms with van der Waals surface area (Å²) in [5.74, 6) is 0.349. The Hall–Kier alpha value is -0.600. The van der Waals surface area contributed by atoms with Crippen molar-refractivity contribution in [2.45, 2.75) is 84.6 Å². The second kappa shape index (κ2) is 21.8. The van der Waals surface area contributed by atoms with E-state index in [9.17, 15) is 30.6 Å². The van der Waals surface area contributed by atoms with E-state index in [1.807, 2.05) is 41.5 Å². The summed E-state index contributed by atoms with van der Waals surface area (Å²) in [5.41, 5.74) is 0. The molecule has 0 radical (unpaired) electrons. The van der Waals surface area contributed by atoms with Crippen molar-refractivity contribution in [2.75, 3.05) is 132 Å². The Labute approximate surface area is 296 Å². The van der Waals surface area contributed by atoms with Crippen molar-refractivity contribution in [3.05, 3.63) is 0 Å². The molecule has 15 nitrogen and oxygen atoms in total. The predicted molar refractivity (Wildman–Crippen MR) is 192 cm³/mol. The lowest BCUT2D eigenvalue weighted by molar-refractivity contribution is -0.0636. The molecule has 0 bridgehead atoms. The number of β-amino-alcohol motifs (C(OH)–C–C–N with tert-alkyl or cyclic N) is 5. The highest BCUT2D eigenvalue weighted by Crippen LogP contribution is 2.18. The normalized spacial score (nSPS) is 26.3. The summed E-state index contributed by atoms with van der Waals surface area (Å²) in [6.45, 7) is 26.3. The molecule has 7 unspecified atom stereocenters. The Morgan fingerprint density at radius 1 is 0.408 bits per heavy atom. The highest BCUT2D eigenvalue weighted by Gasteiger charge is 2.29. The minimum Gasteiger partial charge on any atom is -0.393 e. The van der Waals surface area contributed by atoms with Crippen molar-refractivity contribution >= 4 is 0 Å². The first-order valence-electron chi connectivity index (χ1n) is 18.7. The third-order valence-corrected chi connectivity index (χ3v) is 9.32. The lowest BCUT2D eigenvalue weighted by atomic mass is 9.98. The number of aliphatic hydroxyl groups is 6. The zero-order valence-electron chi connectivity index (χ0n) is 31.6. The van der Waals surface area contributed by atoms with E-state index in [1.165, 1.54) is 0 Å². The van der Waals surface area contributed by atoms with E-state index in [0.29, 0.717) is 38.6 Å². The van der Waals surface area contributed by atoms with Crippen LogP contribution in [0.2, 0.25) is 0 Å². The van der Waals surface area contributed by atoms with Gasteiger partial charge in [-0.1, -0.05) is 0 Å². The summed E-state index contributed by atoms with van der Waals surface area (Å²) < 4.78 is 0. The van der Waals surface area contributed by atoms with Gasteiger partial charge in [-0.2, -0.15) is 0 Å². The molecule has 49 heavy (non-hydrogen) atoms. The molecule has 15 heteroatoms. The Balaban J connectivity index is 1.69. The van der Waals surface area contributed by atoms with Crippen LogP contribution in [0.15, 0.2) is 0 Å². The van der Waals surface area contributed by atoms with Gasteiger partial charge in [-0.25, -0.2) is 0 Å². The van der Waals surface area contributed by atoms with Gasteiger partial charge in [0.05, 0.1) is 83.3 Å². The highest BCUT2D eigenvalue weighted by molar-refractivity contribution is 4.81. The standard InChI is InChI=1S/C34H73N9O6/c1-28(44)13-34-19-36(21-39(20-34)14-29(2)45)10-7-35(8-11-37-22-40(15-30(3)46)26-41(23-37)16-31(4)47)9-12-38-24-42(17-32(5)48)27-43(25-38)18-33(6)49/h28-34,44-49H,7-27H2,1-6H3. The molecular weight excluding hydrogens is 630 g/mol. The lowest BCUT2D eigenvalue weighted by Crippen LogP contribution is -2.59. The average molecular weight is 704 g/mol. The molecule has 290 valence electrons. The van der Waals surface area contributed by atoms with Crippen LogP contribution < -0.4 is 0 Å². The van der Waals surface area contributed by atoms with Gasteiger partial charge in [-0.15, -0.1) is 0 Å². The van der Waals surface area contributed by atoms with Crippen LogP contribution in [-0.2, 0) is 0 Å². The maximum absolute atomic E-state index is 10.2. The van der Waals surface area contributed by atoms with E-state index in [4.69, 9.17) is 0 Å². The van der Waals surface area contributed by atoms with Gasteiger partial charge < -0.3 is 30.6 Å². The van der Waals surface area contributed by atoms with Crippen molar-refractivity contribution in [1.82, 2.24) is 44.1 Å². The first kappa shape index (κ1) is 42.8. The smallest absolute Gasteiger partial charge is 0.0640 e. The van der Waals surface area contributed by atoms with Crippen molar-refractivity contribution in [3.8, 4) is 0 Å². The van der Waals surface area contributed by atoms with E-state index < -0.39 is 30.5 Å². The van der Waals surface area contributed by atoms with E-state index in [1.54, 1.807) is 0 Å². The van der Waals surface area contributed by atoms with E-state index in [2.05, 4.69) is 44.1 Å². The third kappa shape index (κ3) is 17.6. The van der Waals surface area contributed by atoms with Gasteiger partial charge in [0.25, 0.3) is 0 Å². The number of aliphatic hydroxyl groups excluding tert-OH is 6. The van der Waals surface area contributed by atoms with E-state index in [0.717, 1.165) is 105 Å². The monoisotopic (exact) mass is 704 g/mol. The maximum atomic E-state index is 10.2. The van der Waals surface area contributed by atoms with E-state index >= 15 is 0 Å². The Morgan fingerprint density at radius 2 is 0.694 bits per heavy atom. The first-order valence-corrected chi connectivity index (χ1v) is 18.7. The molecule has 3 aliphatic rings. The van der Waals surface area contributed by atoms with Crippen molar-refractivity contribution in [2.24, 2.45) is 5.92 Å². The molecule has 3 heterocycles. The molecule has 0 aromatic heterocycles. The molecule has 3 saturated heterocycles. The quantitative estimate of drug-likeness (QED) is 0.0763. The van der Waals surface area contributed by atoms with Gasteiger partial charge in [0.1, 0.15) is 0 Å². The van der Waals surface area contributed by atoms with Gasteiger partial charge in [0.2, 0.25) is 0 Å². The van der Waals surface area contributed by atoms with Gasteiger partial charge >= 0.3 is 0 Å². The van der Waals surface area contributed by atoms with Crippen LogP contribution in [0.3, 0.4) is 0 Å². The predicted octanol–water partition coefficient (Wildman–Crippen LogP) is -2.26. The van der Waals surface area contributed by atoms with Crippen LogP contribution in [0.5, 0.6) is 0 Å². The van der Waals surface area contributed by atoms with Gasteiger partial charge in [-0.3, -0.25) is 44.1 Å². The summed E-state index contributed by atoms with van der Waals surface area (Å²) in [6, 6.07) is 0. The first-order chi connectivity index (χ1) is 23.1. The minimum absolute atomic E-state index is 0.349. The lowest BCUT2D eigenvalue weighted by Gasteiger charge is -2.45. The third-order valence-electron chi connectivity index (χ3n) is 9.32. The number of hydrogen-bond donors (Lipinski definition) is 6. The van der Waals surface area contributed by atoms with Crippen molar-refractivity contribution in [3.63, 3.8) is 0 Å². The molecule has 3 aliphatic heterocycles. The summed E-state index contributed by atoms with van der Waals surface area (Å²) in [4.78, 5) is 21.1. The zero-order chi connectivity index (χ0) is 36.1. The van der Waals surface area contributed by atoms with Crippen LogP contribution in [0.4, 0.5) is 0 Å². The number of nitrogens with zero attached hydrogens (tertiary/aromatic N) is 9. The molecule has 0 spiro atoms. The van der Waals surface area contributed by atoms with Crippen molar-refractivity contribution in [1.29, 1.82) is 0 Å². The molecule has 0 amide bonds. The summed E-state index contributed by atoms with van der Waals surface area (Å²) in [5, 5.41) is 60.8. The molecule has 0 aromatic carbocycles. The Bertz CT molecular complexity index is 726. The SMILES string of the molecule is CC(O)CC1CN(CCN(CCN2CN(CC(C)O)CN(CC(C)O)C2)CCN2CN(CC(C)O)CN(CC(C)O)C2)CN(CC(C)O)C1. The summed E-state index contributed by atoms with van der Waals surface area (Å²) in [6.07, 6.45) is -1.70. The zero-order valence-corrected chi connectivity index (χ0v) is 31.6. The molecule has 3 fully saturated rings. The van der Waals surface area contributed by atoms with Crippen LogP contribution in [0.25, 0.3) is 0 Å². The number of hydrogen-bond acceptors (Lipinski definition) is 15. The van der Waals surface area contributed by atoms with Crippen molar-refractivity contribution < 1.29 is 30.6 Å². The summed E-state index contributed by atoms with van der Waals surface area (Å²) in [7, 11) is 0. The maximum Gasteiger partial charge on any atom is 0.0640 e. The molecular formula is C34H73N9O6. The van der Waals surface area contributed by atoms with Crippen LogP contribution >= 0.6 is 0 Å². The van der Waals surface area contributed by atoms with Crippen LogP contribution in [0.1, 0.15) is 48.0 Å². The fourth-order valence-corrected chi connectivity index (χ4v) is 7.87. The molecule has 3 rings (SSSR count). The number of rotatable bonds is 21. The molecule has 0 aromatic rings. The van der Waals surface area contributed by atoms with Crippen LogP contribution in [-0.4, -0.2) is 243 Å². The Morgan fingerprint density at radius 3 is 1.04 bits per heavy atom. The minimum atomic E-state index is -0.424. The summed E-state index contributed by atoms with van der Waals surface area (Å²) >= 11 is 0. The molecule has 0 saturated carbocycles. The fraction of sp³-hybridized carbons (Fsp3) is 1.00. The van der Waals surface area contributed by atoms with E-state index in [-0.39, 0.29) is 6.10 Å². The largest absolute Gasteiger partial charge is 0.393 e. The molecule has 0 aliphatic carbocycles. The molecule has 6 N–H and O–H groups in total. The average Bonchev–Trinajstić information content (AvgIpc) is 2.94. The fourth-order valence-electron chi connectivity index (χ4n) is 7.87. The van der Waals surface area contributed by atoms with Crippen LogP contribution in [0, 0.1) is 5.92 Å². The molecule has 7 atom stereocenters. The highest BCUT2D eigenvalue weighted by atomic mass is 16.3.